The number of fused-ring (bicyclic) bond motifs is 1. The second kappa shape index (κ2) is 4.46. The number of piperazine rings is 1. The SMILES string of the molecule is Nc1cc(Br)cnc1N1CCN2CCCC2C1. The number of hydrogen-bond donors (Lipinski definition) is 1. The van der Waals surface area contributed by atoms with E-state index in [0.717, 1.165) is 35.6 Å². The van der Waals surface area contributed by atoms with Gasteiger partial charge >= 0.3 is 0 Å². The zero-order chi connectivity index (χ0) is 11.8. The molecule has 5 heteroatoms. The molecule has 0 amide bonds. The fraction of sp³-hybridized carbons (Fsp3) is 0.583. The van der Waals surface area contributed by atoms with Gasteiger partial charge < -0.3 is 10.6 Å². The molecule has 3 heterocycles. The molecule has 0 aromatic carbocycles. The van der Waals surface area contributed by atoms with Gasteiger partial charge in [-0.1, -0.05) is 0 Å². The van der Waals surface area contributed by atoms with Crippen molar-refractivity contribution in [2.24, 2.45) is 0 Å². The molecule has 1 aromatic rings. The highest BCUT2D eigenvalue weighted by Gasteiger charge is 2.31. The third-order valence-electron chi connectivity index (χ3n) is 3.75. The van der Waals surface area contributed by atoms with Crippen LogP contribution in [0.15, 0.2) is 16.7 Å². The van der Waals surface area contributed by atoms with Gasteiger partial charge in [0.2, 0.25) is 0 Å². The largest absolute Gasteiger partial charge is 0.396 e. The molecule has 1 unspecified atom stereocenters. The number of aromatic nitrogens is 1. The van der Waals surface area contributed by atoms with Gasteiger partial charge in [0.25, 0.3) is 0 Å². The fourth-order valence-electron chi connectivity index (χ4n) is 2.90. The molecule has 0 aliphatic carbocycles. The number of nitrogens with two attached hydrogens (primary N) is 1. The van der Waals surface area contributed by atoms with Gasteiger partial charge in [0.1, 0.15) is 0 Å². The molecule has 0 bridgehead atoms. The first-order valence-electron chi connectivity index (χ1n) is 6.14. The smallest absolute Gasteiger partial charge is 0.151 e. The first-order chi connectivity index (χ1) is 8.24. The van der Waals surface area contributed by atoms with Gasteiger partial charge in [-0.2, -0.15) is 0 Å². The summed E-state index contributed by atoms with van der Waals surface area (Å²) in [4.78, 5) is 9.37. The van der Waals surface area contributed by atoms with Crippen molar-refractivity contribution in [3.05, 3.63) is 16.7 Å². The van der Waals surface area contributed by atoms with Crippen molar-refractivity contribution in [3.8, 4) is 0 Å². The van der Waals surface area contributed by atoms with Crippen LogP contribution in [0, 0.1) is 0 Å². The topological polar surface area (TPSA) is 45.4 Å². The molecule has 2 N–H and O–H groups in total. The van der Waals surface area contributed by atoms with E-state index >= 15 is 0 Å². The van der Waals surface area contributed by atoms with Crippen molar-refractivity contribution in [2.45, 2.75) is 18.9 Å². The van der Waals surface area contributed by atoms with Gasteiger partial charge in [-0.15, -0.1) is 0 Å². The summed E-state index contributed by atoms with van der Waals surface area (Å²) in [6, 6.07) is 2.64. The lowest BCUT2D eigenvalue weighted by molar-refractivity contribution is 0.230. The molecule has 2 aliphatic heterocycles. The summed E-state index contributed by atoms with van der Waals surface area (Å²) in [5, 5.41) is 0. The zero-order valence-corrected chi connectivity index (χ0v) is 11.4. The van der Waals surface area contributed by atoms with E-state index in [1.165, 1.54) is 19.4 Å². The van der Waals surface area contributed by atoms with Crippen molar-refractivity contribution in [1.29, 1.82) is 0 Å². The molecule has 4 nitrogen and oxygen atoms in total. The molecule has 92 valence electrons. The molecule has 3 rings (SSSR count). The molecule has 0 saturated carbocycles. The van der Waals surface area contributed by atoms with Gasteiger partial charge in [-0.25, -0.2) is 4.98 Å². The van der Waals surface area contributed by atoms with E-state index < -0.39 is 0 Å². The molecule has 2 saturated heterocycles. The Kier molecular flexibility index (Phi) is 2.96. The van der Waals surface area contributed by atoms with Crippen molar-refractivity contribution in [3.63, 3.8) is 0 Å². The standard InChI is InChI=1S/C12H17BrN4/c13-9-6-11(14)12(15-7-9)17-5-4-16-3-1-2-10(16)8-17/h6-7,10H,1-5,8,14H2. The minimum absolute atomic E-state index is 0.702. The van der Waals surface area contributed by atoms with E-state index in [9.17, 15) is 0 Å². The lowest BCUT2D eigenvalue weighted by atomic mass is 10.1. The Bertz CT molecular complexity index is 423. The van der Waals surface area contributed by atoms with E-state index in [-0.39, 0.29) is 0 Å². The third-order valence-corrected chi connectivity index (χ3v) is 4.18. The zero-order valence-electron chi connectivity index (χ0n) is 9.77. The van der Waals surface area contributed by atoms with Crippen LogP contribution in [-0.4, -0.2) is 42.1 Å². The fourth-order valence-corrected chi connectivity index (χ4v) is 3.24. The van der Waals surface area contributed by atoms with E-state index in [1.807, 2.05) is 12.3 Å². The van der Waals surface area contributed by atoms with Crippen LogP contribution in [0.5, 0.6) is 0 Å². The van der Waals surface area contributed by atoms with E-state index in [0.29, 0.717) is 6.04 Å². The maximum atomic E-state index is 6.04. The molecule has 2 fully saturated rings. The van der Waals surface area contributed by atoms with Gasteiger partial charge in [0.05, 0.1) is 5.69 Å². The first-order valence-corrected chi connectivity index (χ1v) is 6.93. The predicted molar refractivity (Wildman–Crippen MR) is 73.2 cm³/mol. The van der Waals surface area contributed by atoms with Crippen molar-refractivity contribution >= 4 is 27.4 Å². The van der Waals surface area contributed by atoms with Gasteiger partial charge in [-0.05, 0) is 41.4 Å². The molecule has 0 radical (unpaired) electrons. The second-order valence-electron chi connectivity index (χ2n) is 4.84. The van der Waals surface area contributed by atoms with Crippen molar-refractivity contribution in [2.75, 3.05) is 36.8 Å². The first kappa shape index (κ1) is 11.3. The molecule has 1 atom stereocenters. The van der Waals surface area contributed by atoms with Crippen molar-refractivity contribution in [1.82, 2.24) is 9.88 Å². The lowest BCUT2D eigenvalue weighted by Gasteiger charge is -2.38. The Balaban J connectivity index is 1.80. The monoisotopic (exact) mass is 296 g/mol. The summed E-state index contributed by atoms with van der Waals surface area (Å²) in [6.45, 7) is 4.51. The van der Waals surface area contributed by atoms with E-state index in [4.69, 9.17) is 5.73 Å². The van der Waals surface area contributed by atoms with Crippen LogP contribution in [0.4, 0.5) is 11.5 Å². The molecular formula is C12H17BrN4. The highest BCUT2D eigenvalue weighted by atomic mass is 79.9. The Hall–Kier alpha value is -0.810. The summed E-state index contributed by atoms with van der Waals surface area (Å²) in [6.07, 6.45) is 4.47. The number of pyridine rings is 1. The number of nitrogen functional groups attached to an aromatic ring is 1. The Morgan fingerprint density at radius 1 is 1.35 bits per heavy atom. The van der Waals surface area contributed by atoms with Crippen LogP contribution in [0.25, 0.3) is 0 Å². The molecule has 2 aliphatic rings. The Morgan fingerprint density at radius 2 is 2.24 bits per heavy atom. The number of hydrogen-bond acceptors (Lipinski definition) is 4. The highest BCUT2D eigenvalue weighted by Crippen LogP contribution is 2.28. The number of rotatable bonds is 1. The molecule has 1 aromatic heterocycles. The molecular weight excluding hydrogens is 280 g/mol. The van der Waals surface area contributed by atoms with Gasteiger partial charge in [0.15, 0.2) is 5.82 Å². The summed E-state index contributed by atoms with van der Waals surface area (Å²) in [7, 11) is 0. The highest BCUT2D eigenvalue weighted by molar-refractivity contribution is 9.10. The molecule has 0 spiro atoms. The third kappa shape index (κ3) is 2.13. The number of nitrogens with zero attached hydrogens (tertiary/aromatic N) is 3. The summed E-state index contributed by atoms with van der Waals surface area (Å²) >= 11 is 3.40. The van der Waals surface area contributed by atoms with Crippen LogP contribution >= 0.6 is 15.9 Å². The maximum absolute atomic E-state index is 6.04. The Morgan fingerprint density at radius 3 is 3.06 bits per heavy atom. The Labute approximate surface area is 110 Å². The van der Waals surface area contributed by atoms with E-state index in [1.54, 1.807) is 0 Å². The second-order valence-corrected chi connectivity index (χ2v) is 5.76. The molecule has 17 heavy (non-hydrogen) atoms. The average Bonchev–Trinajstić information content (AvgIpc) is 2.75. The van der Waals surface area contributed by atoms with Crippen molar-refractivity contribution < 1.29 is 0 Å². The minimum atomic E-state index is 0.702. The van der Waals surface area contributed by atoms with Crippen LogP contribution in [0.2, 0.25) is 0 Å². The van der Waals surface area contributed by atoms with Crippen LogP contribution < -0.4 is 10.6 Å². The summed E-state index contributed by atoms with van der Waals surface area (Å²) in [5.74, 6) is 0.944. The van der Waals surface area contributed by atoms with Crippen LogP contribution in [0.3, 0.4) is 0 Å². The van der Waals surface area contributed by atoms with Gasteiger partial charge in [-0.3, -0.25) is 4.90 Å². The minimum Gasteiger partial charge on any atom is -0.396 e. The maximum Gasteiger partial charge on any atom is 0.151 e. The normalized spacial score (nSPS) is 25.0. The number of anilines is 2. The average molecular weight is 297 g/mol. The number of halogens is 1. The van der Waals surface area contributed by atoms with E-state index in [2.05, 4.69) is 30.7 Å². The summed E-state index contributed by atoms with van der Waals surface area (Å²) in [5.41, 5.74) is 6.81. The quantitative estimate of drug-likeness (QED) is 0.857. The van der Waals surface area contributed by atoms with Crippen LogP contribution in [-0.2, 0) is 0 Å². The summed E-state index contributed by atoms with van der Waals surface area (Å²) < 4.78 is 0.943. The van der Waals surface area contributed by atoms with Crippen LogP contribution in [0.1, 0.15) is 12.8 Å². The van der Waals surface area contributed by atoms with Gasteiger partial charge in [0, 0.05) is 36.3 Å². The predicted octanol–water partition coefficient (Wildman–Crippen LogP) is 1.71. The lowest BCUT2D eigenvalue weighted by Crippen LogP contribution is -2.50.